The number of fused-ring (bicyclic) bond motifs is 1. The molecule has 5 nitrogen and oxygen atoms in total. The van der Waals surface area contributed by atoms with E-state index in [-0.39, 0.29) is 17.9 Å². The van der Waals surface area contributed by atoms with Crippen LogP contribution in [0.3, 0.4) is 0 Å². The van der Waals surface area contributed by atoms with Crippen LogP contribution in [0.25, 0.3) is 10.2 Å². The summed E-state index contributed by atoms with van der Waals surface area (Å²) >= 11 is 2.93. The molecule has 0 radical (unpaired) electrons. The first-order valence-corrected chi connectivity index (χ1v) is 9.29. The topological polar surface area (TPSA) is 55.2 Å². The van der Waals surface area contributed by atoms with Crippen LogP contribution < -0.4 is 5.56 Å². The number of carbonyl (C=O) groups excluding carboxylic acids is 1. The van der Waals surface area contributed by atoms with Gasteiger partial charge in [-0.1, -0.05) is 6.07 Å². The highest BCUT2D eigenvalue weighted by Gasteiger charge is 2.19. The number of rotatable bonds is 5. The number of thiophene rings is 2. The van der Waals surface area contributed by atoms with Crippen LogP contribution in [-0.4, -0.2) is 34.3 Å². The van der Waals surface area contributed by atoms with Gasteiger partial charge in [0.25, 0.3) is 5.56 Å². The Bertz CT molecular complexity index is 953. The van der Waals surface area contributed by atoms with E-state index in [1.165, 1.54) is 27.2 Å². The standard InChI is InChI=1S/C17H19N3O2S2/c1-10-11(2)24-16-15(10)17(22)20(14(18-16)9-19(3)4)8-12(21)13-6-5-7-23-13/h5-7H,8-9H2,1-4H3. The minimum Gasteiger partial charge on any atom is -0.302 e. The molecule has 3 aromatic heterocycles. The summed E-state index contributed by atoms with van der Waals surface area (Å²) in [5.41, 5.74) is 0.838. The van der Waals surface area contributed by atoms with Crippen LogP contribution in [0.5, 0.6) is 0 Å². The lowest BCUT2D eigenvalue weighted by Crippen LogP contribution is -2.30. The highest BCUT2D eigenvalue weighted by molar-refractivity contribution is 7.18. The normalized spacial score (nSPS) is 11.5. The van der Waals surface area contributed by atoms with E-state index in [2.05, 4.69) is 4.98 Å². The number of ketones is 1. The molecule has 0 saturated heterocycles. The predicted octanol–water partition coefficient (Wildman–Crippen LogP) is 3.08. The van der Waals surface area contributed by atoms with E-state index in [9.17, 15) is 9.59 Å². The number of aryl methyl sites for hydroxylation is 2. The number of Topliss-reactive ketones (excluding diaryl/α,β-unsaturated/α-hetero) is 1. The molecule has 0 spiro atoms. The summed E-state index contributed by atoms with van der Waals surface area (Å²) in [5.74, 6) is 0.571. The van der Waals surface area contributed by atoms with Gasteiger partial charge in [-0.05, 0) is 45.0 Å². The van der Waals surface area contributed by atoms with Gasteiger partial charge in [0.1, 0.15) is 10.7 Å². The molecule has 0 bridgehead atoms. The van der Waals surface area contributed by atoms with E-state index >= 15 is 0 Å². The predicted molar refractivity (Wildman–Crippen MR) is 99.4 cm³/mol. The first-order chi connectivity index (χ1) is 11.4. The molecule has 3 heterocycles. The third-order valence-corrected chi connectivity index (χ3v) is 5.94. The average Bonchev–Trinajstić information content (AvgIpc) is 3.12. The fraction of sp³-hybridized carbons (Fsp3) is 0.353. The minimum atomic E-state index is -0.122. The third-order valence-electron chi connectivity index (χ3n) is 3.92. The molecular weight excluding hydrogens is 342 g/mol. The van der Waals surface area contributed by atoms with Gasteiger partial charge < -0.3 is 4.90 Å². The second-order valence-electron chi connectivity index (χ2n) is 6.02. The van der Waals surface area contributed by atoms with Crippen molar-refractivity contribution >= 4 is 38.7 Å². The number of carbonyl (C=O) groups is 1. The van der Waals surface area contributed by atoms with Crippen LogP contribution in [0.4, 0.5) is 0 Å². The largest absolute Gasteiger partial charge is 0.302 e. The highest BCUT2D eigenvalue weighted by Crippen LogP contribution is 2.26. The molecule has 0 amide bonds. The molecular formula is C17H19N3O2S2. The smallest absolute Gasteiger partial charge is 0.263 e. The van der Waals surface area contributed by atoms with E-state index < -0.39 is 0 Å². The number of hydrogen-bond acceptors (Lipinski definition) is 6. The van der Waals surface area contributed by atoms with Gasteiger partial charge in [-0.2, -0.15) is 0 Å². The summed E-state index contributed by atoms with van der Waals surface area (Å²) in [6.07, 6.45) is 0. The Balaban J connectivity index is 2.15. The maximum absolute atomic E-state index is 13.0. The Morgan fingerprint density at radius 3 is 2.71 bits per heavy atom. The zero-order chi connectivity index (χ0) is 17.4. The number of aromatic nitrogens is 2. The fourth-order valence-electron chi connectivity index (χ4n) is 2.59. The molecule has 0 fully saturated rings. The average molecular weight is 361 g/mol. The van der Waals surface area contributed by atoms with Gasteiger partial charge in [-0.15, -0.1) is 22.7 Å². The van der Waals surface area contributed by atoms with Crippen molar-refractivity contribution in [2.24, 2.45) is 0 Å². The summed E-state index contributed by atoms with van der Waals surface area (Å²) in [5, 5.41) is 2.50. The molecule has 0 aromatic carbocycles. The van der Waals surface area contributed by atoms with Crippen molar-refractivity contribution in [2.45, 2.75) is 26.9 Å². The lowest BCUT2D eigenvalue weighted by Gasteiger charge is -2.15. The molecule has 0 unspecified atom stereocenters. The molecule has 126 valence electrons. The Kier molecular flexibility index (Phi) is 4.67. The van der Waals surface area contributed by atoms with Gasteiger partial charge in [0.15, 0.2) is 5.78 Å². The maximum atomic E-state index is 13.0. The lowest BCUT2D eigenvalue weighted by atomic mass is 10.2. The van der Waals surface area contributed by atoms with Crippen LogP contribution in [0.2, 0.25) is 0 Å². The summed E-state index contributed by atoms with van der Waals surface area (Å²) in [4.78, 5) is 34.7. The van der Waals surface area contributed by atoms with E-state index in [0.29, 0.717) is 22.6 Å². The van der Waals surface area contributed by atoms with Crippen LogP contribution in [0, 0.1) is 13.8 Å². The van der Waals surface area contributed by atoms with Gasteiger partial charge in [-0.25, -0.2) is 4.98 Å². The second-order valence-corrected chi connectivity index (χ2v) is 8.17. The van der Waals surface area contributed by atoms with E-state index in [4.69, 9.17) is 0 Å². The van der Waals surface area contributed by atoms with Crippen LogP contribution in [0.15, 0.2) is 22.3 Å². The molecule has 3 aromatic rings. The Labute approximate surface area is 148 Å². The molecule has 0 saturated carbocycles. The second kappa shape index (κ2) is 6.58. The quantitative estimate of drug-likeness (QED) is 0.656. The molecule has 0 atom stereocenters. The van der Waals surface area contributed by atoms with Crippen molar-refractivity contribution in [1.82, 2.24) is 14.5 Å². The van der Waals surface area contributed by atoms with Crippen molar-refractivity contribution in [2.75, 3.05) is 14.1 Å². The fourth-order valence-corrected chi connectivity index (χ4v) is 4.29. The van der Waals surface area contributed by atoms with Crippen molar-refractivity contribution in [1.29, 1.82) is 0 Å². The zero-order valence-electron chi connectivity index (χ0n) is 14.1. The summed E-state index contributed by atoms with van der Waals surface area (Å²) in [6.45, 7) is 4.47. The van der Waals surface area contributed by atoms with Crippen LogP contribution in [0.1, 0.15) is 25.9 Å². The Hall–Kier alpha value is -1.83. The van der Waals surface area contributed by atoms with Crippen molar-refractivity contribution in [3.05, 3.63) is 49.0 Å². The SMILES string of the molecule is Cc1sc2nc(CN(C)C)n(CC(=O)c3cccs3)c(=O)c2c1C. The van der Waals surface area contributed by atoms with Gasteiger partial charge >= 0.3 is 0 Å². The molecule has 0 aliphatic carbocycles. The number of hydrogen-bond donors (Lipinski definition) is 0. The van der Waals surface area contributed by atoms with Gasteiger partial charge in [0.05, 0.1) is 23.4 Å². The van der Waals surface area contributed by atoms with Gasteiger partial charge in [-0.3, -0.25) is 14.2 Å². The maximum Gasteiger partial charge on any atom is 0.263 e. The summed E-state index contributed by atoms with van der Waals surface area (Å²) in [7, 11) is 3.85. The summed E-state index contributed by atoms with van der Waals surface area (Å²) in [6, 6.07) is 3.63. The Morgan fingerprint density at radius 2 is 2.08 bits per heavy atom. The van der Waals surface area contributed by atoms with Crippen LogP contribution >= 0.6 is 22.7 Å². The first-order valence-electron chi connectivity index (χ1n) is 7.59. The molecule has 24 heavy (non-hydrogen) atoms. The number of nitrogens with zero attached hydrogens (tertiary/aromatic N) is 3. The highest BCUT2D eigenvalue weighted by atomic mass is 32.1. The van der Waals surface area contributed by atoms with Crippen molar-refractivity contribution in [3.63, 3.8) is 0 Å². The van der Waals surface area contributed by atoms with Crippen molar-refractivity contribution in [3.8, 4) is 0 Å². The van der Waals surface area contributed by atoms with E-state index in [1.54, 1.807) is 6.07 Å². The third kappa shape index (κ3) is 3.07. The zero-order valence-corrected chi connectivity index (χ0v) is 15.8. The minimum absolute atomic E-state index is 0.0276. The Morgan fingerprint density at radius 1 is 1.33 bits per heavy atom. The molecule has 7 heteroatoms. The first kappa shape index (κ1) is 17.0. The monoisotopic (exact) mass is 361 g/mol. The van der Waals surface area contributed by atoms with E-state index in [1.807, 2.05) is 44.3 Å². The lowest BCUT2D eigenvalue weighted by molar-refractivity contribution is 0.0972. The molecule has 3 rings (SSSR count). The molecule has 0 aliphatic heterocycles. The molecule has 0 aliphatic rings. The van der Waals surface area contributed by atoms with Gasteiger partial charge in [0.2, 0.25) is 0 Å². The summed E-state index contributed by atoms with van der Waals surface area (Å²) < 4.78 is 1.53. The van der Waals surface area contributed by atoms with Crippen LogP contribution in [-0.2, 0) is 13.1 Å². The van der Waals surface area contributed by atoms with Gasteiger partial charge in [0, 0.05) is 4.88 Å². The van der Waals surface area contributed by atoms with E-state index in [0.717, 1.165) is 15.3 Å². The molecule has 0 N–H and O–H groups in total. The van der Waals surface area contributed by atoms with Crippen molar-refractivity contribution < 1.29 is 4.79 Å².